The van der Waals surface area contributed by atoms with Gasteiger partial charge in [-0.3, -0.25) is 4.79 Å². The summed E-state index contributed by atoms with van der Waals surface area (Å²) in [6.07, 6.45) is 3.05. The molecule has 1 aromatic carbocycles. The lowest BCUT2D eigenvalue weighted by Crippen LogP contribution is -2.46. The van der Waals surface area contributed by atoms with Gasteiger partial charge in [0.25, 0.3) is 0 Å². The maximum Gasteiger partial charge on any atom is 0.243 e. The van der Waals surface area contributed by atoms with Gasteiger partial charge in [0.05, 0.1) is 23.6 Å². The summed E-state index contributed by atoms with van der Waals surface area (Å²) in [6, 6.07) is 4.11. The van der Waals surface area contributed by atoms with E-state index < -0.39 is 16.1 Å². The molecule has 0 unspecified atom stereocenters. The first kappa shape index (κ1) is 20.7. The molecule has 1 saturated heterocycles. The van der Waals surface area contributed by atoms with Crippen LogP contribution in [0.1, 0.15) is 32.6 Å². The minimum atomic E-state index is -3.79. The van der Waals surface area contributed by atoms with Crippen molar-refractivity contribution in [1.29, 1.82) is 0 Å². The fraction of sp³-hybridized carbons (Fsp3) is 0.611. The van der Waals surface area contributed by atoms with Crippen LogP contribution in [-0.2, 0) is 26.1 Å². The number of hydrogen-bond acceptors (Lipinski definition) is 6. The number of rotatable bonds is 9. The number of sulfonamides is 1. The fourth-order valence-corrected chi connectivity index (χ4v) is 5.06. The van der Waals surface area contributed by atoms with E-state index in [1.54, 1.807) is 23.9 Å². The third kappa shape index (κ3) is 4.18. The minimum Gasteiger partial charge on any atom is -0.383 e. The number of amides is 1. The molecular weight excluding hydrogens is 382 g/mol. The molecule has 154 valence electrons. The Morgan fingerprint density at radius 2 is 2.21 bits per heavy atom. The monoisotopic (exact) mass is 409 g/mol. The lowest BCUT2D eigenvalue weighted by atomic mass is 10.2. The summed E-state index contributed by atoms with van der Waals surface area (Å²) in [6.45, 7) is 3.97. The molecule has 1 amide bonds. The Morgan fingerprint density at radius 1 is 1.39 bits per heavy atom. The Kier molecular flexibility index (Phi) is 6.63. The molecular formula is C18H27N5O4S. The average molecular weight is 410 g/mol. The largest absolute Gasteiger partial charge is 0.383 e. The van der Waals surface area contributed by atoms with Crippen molar-refractivity contribution >= 4 is 27.0 Å². The zero-order valence-electron chi connectivity index (χ0n) is 16.3. The molecule has 2 heterocycles. The minimum absolute atomic E-state index is 0.132. The highest BCUT2D eigenvalue weighted by atomic mass is 32.2. The fourth-order valence-electron chi connectivity index (χ4n) is 3.39. The third-order valence-corrected chi connectivity index (χ3v) is 6.84. The average Bonchev–Trinajstić information content (AvgIpc) is 3.33. The number of fused-ring (bicyclic) bond motifs is 1. The predicted molar refractivity (Wildman–Crippen MR) is 104 cm³/mol. The molecule has 3 rings (SSSR count). The summed E-state index contributed by atoms with van der Waals surface area (Å²) < 4.78 is 34.4. The van der Waals surface area contributed by atoms with Crippen LogP contribution in [0.2, 0.25) is 0 Å². The molecule has 0 spiro atoms. The summed E-state index contributed by atoms with van der Waals surface area (Å²) in [4.78, 5) is 12.6. The summed E-state index contributed by atoms with van der Waals surface area (Å²) in [5.74, 6) is -0.221. The second-order valence-electron chi connectivity index (χ2n) is 6.87. The van der Waals surface area contributed by atoms with E-state index in [4.69, 9.17) is 4.74 Å². The molecule has 2 aromatic rings. The van der Waals surface area contributed by atoms with E-state index in [-0.39, 0.29) is 10.8 Å². The van der Waals surface area contributed by atoms with Gasteiger partial charge < -0.3 is 10.1 Å². The highest BCUT2D eigenvalue weighted by molar-refractivity contribution is 7.89. The van der Waals surface area contributed by atoms with Crippen molar-refractivity contribution < 1.29 is 17.9 Å². The van der Waals surface area contributed by atoms with Gasteiger partial charge in [-0.25, -0.2) is 13.1 Å². The van der Waals surface area contributed by atoms with Crippen LogP contribution in [0.5, 0.6) is 0 Å². The number of unbranched alkanes of at least 4 members (excludes halogenated alkanes) is 1. The molecule has 0 radical (unpaired) electrons. The summed E-state index contributed by atoms with van der Waals surface area (Å²) in [5, 5.41) is 11.0. The van der Waals surface area contributed by atoms with Crippen LogP contribution in [0.25, 0.3) is 11.0 Å². The Bertz CT molecular complexity index is 927. The van der Waals surface area contributed by atoms with E-state index in [2.05, 4.69) is 15.6 Å². The number of carbonyl (C=O) groups excluding carboxylic acids is 1. The summed E-state index contributed by atoms with van der Waals surface area (Å²) in [7, 11) is -2.19. The molecule has 1 aromatic heterocycles. The van der Waals surface area contributed by atoms with Crippen LogP contribution in [0, 0.1) is 0 Å². The second-order valence-corrected chi connectivity index (χ2v) is 8.76. The lowest BCUT2D eigenvalue weighted by Gasteiger charge is -2.23. The Hall–Kier alpha value is -2.04. The van der Waals surface area contributed by atoms with Crippen molar-refractivity contribution in [3.63, 3.8) is 0 Å². The first-order valence-corrected chi connectivity index (χ1v) is 11.0. The normalized spacial score (nSPS) is 18.0. The van der Waals surface area contributed by atoms with Gasteiger partial charge >= 0.3 is 0 Å². The van der Waals surface area contributed by atoms with E-state index in [9.17, 15) is 13.2 Å². The smallest absolute Gasteiger partial charge is 0.243 e. The molecule has 28 heavy (non-hydrogen) atoms. The molecule has 9 nitrogen and oxygen atoms in total. The number of nitrogens with zero attached hydrogens (tertiary/aromatic N) is 4. The van der Waals surface area contributed by atoms with Gasteiger partial charge in [-0.1, -0.05) is 18.6 Å². The van der Waals surface area contributed by atoms with Crippen LogP contribution in [-0.4, -0.2) is 66.5 Å². The number of hydrogen-bond donors (Lipinski definition) is 1. The van der Waals surface area contributed by atoms with E-state index in [0.717, 1.165) is 18.4 Å². The molecule has 1 N–H and O–H groups in total. The first-order chi connectivity index (χ1) is 13.5. The molecule has 0 saturated carbocycles. The molecule has 1 aliphatic heterocycles. The number of carbonyl (C=O) groups is 1. The number of ether oxygens (including phenoxy) is 1. The van der Waals surface area contributed by atoms with Gasteiger partial charge in [0.1, 0.15) is 11.6 Å². The maximum absolute atomic E-state index is 13.2. The van der Waals surface area contributed by atoms with Gasteiger partial charge in [-0.05, 0) is 37.5 Å². The maximum atomic E-state index is 13.2. The van der Waals surface area contributed by atoms with Crippen molar-refractivity contribution in [3.05, 3.63) is 18.2 Å². The zero-order valence-corrected chi connectivity index (χ0v) is 17.1. The lowest BCUT2D eigenvalue weighted by molar-refractivity contribution is -0.124. The van der Waals surface area contributed by atoms with Crippen LogP contribution in [0.4, 0.5) is 0 Å². The van der Waals surface area contributed by atoms with Crippen molar-refractivity contribution in [3.8, 4) is 0 Å². The number of benzene rings is 1. The number of aromatic nitrogens is 3. The molecule has 0 bridgehead atoms. The molecule has 10 heteroatoms. The third-order valence-electron chi connectivity index (χ3n) is 4.94. The van der Waals surface area contributed by atoms with Crippen molar-refractivity contribution in [2.24, 2.45) is 0 Å². The van der Waals surface area contributed by atoms with Crippen LogP contribution in [0.15, 0.2) is 23.1 Å². The predicted octanol–water partition coefficient (Wildman–Crippen LogP) is 1.15. The van der Waals surface area contributed by atoms with E-state index in [0.29, 0.717) is 44.6 Å². The molecule has 1 aliphatic rings. The van der Waals surface area contributed by atoms with Crippen molar-refractivity contribution in [2.75, 3.05) is 26.8 Å². The zero-order chi connectivity index (χ0) is 20.1. The SMILES string of the molecule is CCCCNC(=O)[C@H]1CCCN1S(=O)(=O)c1ccc2c(c1)nnn2CCOC. The number of methoxy groups -OCH3 is 1. The van der Waals surface area contributed by atoms with Crippen LogP contribution < -0.4 is 5.32 Å². The van der Waals surface area contributed by atoms with Crippen molar-refractivity contribution in [1.82, 2.24) is 24.6 Å². The highest BCUT2D eigenvalue weighted by Crippen LogP contribution is 2.27. The van der Waals surface area contributed by atoms with E-state index in [1.165, 1.54) is 10.4 Å². The van der Waals surface area contributed by atoms with E-state index in [1.807, 2.05) is 6.92 Å². The topological polar surface area (TPSA) is 106 Å². The van der Waals surface area contributed by atoms with Crippen LogP contribution >= 0.6 is 0 Å². The van der Waals surface area contributed by atoms with Gasteiger partial charge in [-0.15, -0.1) is 5.10 Å². The van der Waals surface area contributed by atoms with Crippen LogP contribution in [0.3, 0.4) is 0 Å². The quantitative estimate of drug-likeness (QED) is 0.623. The number of nitrogens with one attached hydrogen (secondary N) is 1. The van der Waals surface area contributed by atoms with E-state index >= 15 is 0 Å². The van der Waals surface area contributed by atoms with Gasteiger partial charge in [0, 0.05) is 20.2 Å². The first-order valence-electron chi connectivity index (χ1n) is 9.60. The standard InChI is InChI=1S/C18H27N5O4S/c1-3-4-9-19-18(24)17-6-5-10-23(17)28(25,26)14-7-8-16-15(13-14)20-21-22(16)11-12-27-2/h7-8,13,17H,3-6,9-12H2,1-2H3,(H,19,24)/t17-/m1/s1. The van der Waals surface area contributed by atoms with Gasteiger partial charge in [0.15, 0.2) is 0 Å². The molecule has 0 aliphatic carbocycles. The second kappa shape index (κ2) is 8.97. The highest BCUT2D eigenvalue weighted by Gasteiger charge is 2.39. The molecule has 1 atom stereocenters. The van der Waals surface area contributed by atoms with Crippen molar-refractivity contribution in [2.45, 2.75) is 50.1 Å². The molecule has 1 fully saturated rings. The van der Waals surface area contributed by atoms with Gasteiger partial charge in [-0.2, -0.15) is 4.31 Å². The summed E-state index contributed by atoms with van der Waals surface area (Å²) >= 11 is 0. The Labute approximate surface area is 165 Å². The summed E-state index contributed by atoms with van der Waals surface area (Å²) in [5.41, 5.74) is 1.24. The van der Waals surface area contributed by atoms with Gasteiger partial charge in [0.2, 0.25) is 15.9 Å². The Morgan fingerprint density at radius 3 is 2.96 bits per heavy atom. The Balaban J connectivity index is 1.82.